The molecule has 0 spiro atoms. The van der Waals surface area contributed by atoms with E-state index in [4.69, 9.17) is 9.47 Å². The van der Waals surface area contributed by atoms with Gasteiger partial charge >= 0.3 is 0 Å². The number of hydrogen-bond acceptors (Lipinski definition) is 8. The lowest BCUT2D eigenvalue weighted by Crippen LogP contribution is -2.47. The van der Waals surface area contributed by atoms with Gasteiger partial charge in [0.25, 0.3) is 5.56 Å². The number of nitrogens with one attached hydrogen (secondary N) is 2. The van der Waals surface area contributed by atoms with Gasteiger partial charge in [-0.05, 0) is 44.7 Å². The maximum Gasteiger partial charge on any atom is 0.261 e. The number of ether oxygens (including phenoxy) is 2. The normalized spacial score (nSPS) is 21.2. The van der Waals surface area contributed by atoms with Gasteiger partial charge in [0.05, 0.1) is 17.9 Å². The van der Waals surface area contributed by atoms with Crippen molar-refractivity contribution in [3.63, 3.8) is 0 Å². The third-order valence-corrected chi connectivity index (χ3v) is 8.93. The summed E-state index contributed by atoms with van der Waals surface area (Å²) in [6.45, 7) is 11.0. The third-order valence-electron chi connectivity index (χ3n) is 7.54. The molecule has 3 fully saturated rings. The van der Waals surface area contributed by atoms with Crippen LogP contribution in [-0.4, -0.2) is 97.2 Å². The Kier molecular flexibility index (Phi) is 9.13. The van der Waals surface area contributed by atoms with Crippen molar-refractivity contribution in [1.82, 2.24) is 25.1 Å². The molecule has 0 radical (unpaired) electrons. The standard InChI is InChI=1S/C26H38FN5O3S/c27-22-15-20(35-17-19-1-7-31(8-2-19)11-12-32-9-5-28-6-10-32)16-23-25(22)26(33)30-24(29-23)18-36-21-3-13-34-14-4-21/h15-16,19,21,28H,1-14,17-18H2,(H,29,30,33). The number of piperazine rings is 1. The Morgan fingerprint density at radius 1 is 1.06 bits per heavy atom. The van der Waals surface area contributed by atoms with E-state index in [1.807, 2.05) is 0 Å². The van der Waals surface area contributed by atoms with E-state index in [0.29, 0.717) is 40.6 Å². The average molecular weight is 520 g/mol. The topological polar surface area (TPSA) is 82.7 Å². The summed E-state index contributed by atoms with van der Waals surface area (Å²) in [6, 6.07) is 3.02. The number of piperidine rings is 1. The fraction of sp³-hybridized carbons (Fsp3) is 0.692. The molecule has 3 saturated heterocycles. The summed E-state index contributed by atoms with van der Waals surface area (Å²) in [4.78, 5) is 25.0. The molecule has 0 aliphatic carbocycles. The highest BCUT2D eigenvalue weighted by atomic mass is 32.2. The first kappa shape index (κ1) is 25.9. The molecule has 5 rings (SSSR count). The molecule has 8 nitrogen and oxygen atoms in total. The van der Waals surface area contributed by atoms with Crippen molar-refractivity contribution >= 4 is 22.7 Å². The largest absolute Gasteiger partial charge is 0.493 e. The zero-order valence-electron chi connectivity index (χ0n) is 21.0. The minimum absolute atomic E-state index is 0.0000358. The zero-order chi connectivity index (χ0) is 24.7. The number of H-pyrrole nitrogens is 1. The molecule has 4 heterocycles. The smallest absolute Gasteiger partial charge is 0.261 e. The van der Waals surface area contributed by atoms with Crippen LogP contribution < -0.4 is 15.6 Å². The average Bonchev–Trinajstić information content (AvgIpc) is 2.91. The maximum atomic E-state index is 14.8. The van der Waals surface area contributed by atoms with Gasteiger partial charge in [-0.15, -0.1) is 0 Å². The maximum absolute atomic E-state index is 14.8. The lowest BCUT2D eigenvalue weighted by atomic mass is 9.98. The molecule has 198 valence electrons. The number of thioether (sulfide) groups is 1. The molecule has 0 unspecified atom stereocenters. The molecule has 2 N–H and O–H groups in total. The summed E-state index contributed by atoms with van der Waals surface area (Å²) < 4.78 is 26.2. The predicted molar refractivity (Wildman–Crippen MR) is 141 cm³/mol. The van der Waals surface area contributed by atoms with Gasteiger partial charge in [0.2, 0.25) is 0 Å². The van der Waals surface area contributed by atoms with Gasteiger partial charge in [-0.3, -0.25) is 9.69 Å². The highest BCUT2D eigenvalue weighted by Gasteiger charge is 2.21. The van der Waals surface area contributed by atoms with Gasteiger partial charge in [-0.1, -0.05) is 0 Å². The van der Waals surface area contributed by atoms with E-state index in [9.17, 15) is 9.18 Å². The van der Waals surface area contributed by atoms with Crippen molar-refractivity contribution in [1.29, 1.82) is 0 Å². The Morgan fingerprint density at radius 2 is 1.78 bits per heavy atom. The molecule has 0 atom stereocenters. The molecule has 36 heavy (non-hydrogen) atoms. The lowest BCUT2D eigenvalue weighted by Gasteiger charge is -2.34. The number of nitrogens with zero attached hydrogens (tertiary/aromatic N) is 3. The van der Waals surface area contributed by atoms with Gasteiger partial charge in [-0.2, -0.15) is 11.8 Å². The minimum atomic E-state index is -0.581. The third kappa shape index (κ3) is 6.98. The SMILES string of the molecule is O=c1[nH]c(CSC2CCOCC2)nc2cc(OCC3CCN(CCN4CCNCC4)CC3)cc(F)c12. The molecule has 3 aliphatic rings. The minimum Gasteiger partial charge on any atom is -0.493 e. The van der Waals surface area contributed by atoms with E-state index >= 15 is 0 Å². The summed E-state index contributed by atoms with van der Waals surface area (Å²) in [5, 5.41) is 3.90. The van der Waals surface area contributed by atoms with Gasteiger partial charge in [-0.25, -0.2) is 9.37 Å². The highest BCUT2D eigenvalue weighted by molar-refractivity contribution is 7.99. The fourth-order valence-electron chi connectivity index (χ4n) is 5.25. The summed E-state index contributed by atoms with van der Waals surface area (Å²) in [7, 11) is 0. The first-order chi connectivity index (χ1) is 17.6. The second-order valence-corrected chi connectivity index (χ2v) is 11.4. The molecule has 2 aromatic rings. The molecule has 0 amide bonds. The van der Waals surface area contributed by atoms with Gasteiger partial charge < -0.3 is 24.7 Å². The summed E-state index contributed by atoms with van der Waals surface area (Å²) in [6.07, 6.45) is 4.18. The number of hydrogen-bond donors (Lipinski definition) is 2. The van der Waals surface area contributed by atoms with Crippen LogP contribution in [0.3, 0.4) is 0 Å². The molecular formula is C26H38FN5O3S. The second kappa shape index (κ2) is 12.7. The predicted octanol–water partition coefficient (Wildman–Crippen LogP) is 2.47. The second-order valence-electron chi connectivity index (χ2n) is 10.1. The molecule has 0 bridgehead atoms. The van der Waals surface area contributed by atoms with Gasteiger partial charge in [0.1, 0.15) is 22.8 Å². The van der Waals surface area contributed by atoms with Crippen molar-refractivity contribution in [2.45, 2.75) is 36.7 Å². The van der Waals surface area contributed by atoms with Crippen LogP contribution >= 0.6 is 11.8 Å². The van der Waals surface area contributed by atoms with Crippen LogP contribution in [0.2, 0.25) is 0 Å². The van der Waals surface area contributed by atoms with Crippen LogP contribution in [0.4, 0.5) is 4.39 Å². The van der Waals surface area contributed by atoms with E-state index in [1.54, 1.807) is 17.8 Å². The quantitative estimate of drug-likeness (QED) is 0.523. The molecule has 1 aromatic carbocycles. The summed E-state index contributed by atoms with van der Waals surface area (Å²) in [5.74, 6) is 1.49. The Morgan fingerprint density at radius 3 is 2.53 bits per heavy atom. The van der Waals surface area contributed by atoms with Crippen molar-refractivity contribution in [2.24, 2.45) is 5.92 Å². The van der Waals surface area contributed by atoms with Crippen molar-refractivity contribution in [3.05, 3.63) is 34.1 Å². The Bertz CT molecular complexity index is 1050. The molecule has 3 aliphatic heterocycles. The number of aromatic nitrogens is 2. The number of halogens is 1. The fourth-order valence-corrected chi connectivity index (χ4v) is 6.30. The molecule has 10 heteroatoms. The van der Waals surface area contributed by atoms with Crippen molar-refractivity contribution < 1.29 is 13.9 Å². The number of benzene rings is 1. The first-order valence-electron chi connectivity index (χ1n) is 13.3. The molecular weight excluding hydrogens is 481 g/mol. The Labute approximate surface area is 216 Å². The van der Waals surface area contributed by atoms with Crippen LogP contribution in [0, 0.1) is 11.7 Å². The number of fused-ring (bicyclic) bond motifs is 1. The monoisotopic (exact) mass is 519 g/mol. The zero-order valence-corrected chi connectivity index (χ0v) is 21.8. The van der Waals surface area contributed by atoms with E-state index in [0.717, 1.165) is 91.3 Å². The summed E-state index contributed by atoms with van der Waals surface area (Å²) in [5.41, 5.74) is -0.0705. The Balaban J connectivity index is 1.13. The number of aromatic amines is 1. The van der Waals surface area contributed by atoms with Gasteiger partial charge in [0.15, 0.2) is 0 Å². The van der Waals surface area contributed by atoms with Crippen LogP contribution in [0.15, 0.2) is 16.9 Å². The van der Waals surface area contributed by atoms with E-state index < -0.39 is 11.4 Å². The molecule has 1 aromatic heterocycles. The van der Waals surface area contributed by atoms with Crippen LogP contribution in [-0.2, 0) is 10.5 Å². The highest BCUT2D eigenvalue weighted by Crippen LogP contribution is 2.26. The van der Waals surface area contributed by atoms with Crippen LogP contribution in [0.5, 0.6) is 5.75 Å². The van der Waals surface area contributed by atoms with E-state index in [-0.39, 0.29) is 5.39 Å². The van der Waals surface area contributed by atoms with E-state index in [2.05, 4.69) is 25.1 Å². The van der Waals surface area contributed by atoms with Crippen molar-refractivity contribution in [3.8, 4) is 5.75 Å². The lowest BCUT2D eigenvalue weighted by molar-refractivity contribution is 0.1000. The Hall–Kier alpha value is -1.72. The van der Waals surface area contributed by atoms with E-state index in [1.165, 1.54) is 6.07 Å². The number of likely N-dealkylation sites (tertiary alicyclic amines) is 1. The van der Waals surface area contributed by atoms with Crippen molar-refractivity contribution in [2.75, 3.05) is 72.2 Å². The number of rotatable bonds is 9. The van der Waals surface area contributed by atoms with Gasteiger partial charge in [0, 0.05) is 69.9 Å². The van der Waals surface area contributed by atoms with Crippen LogP contribution in [0.25, 0.3) is 10.9 Å². The summed E-state index contributed by atoms with van der Waals surface area (Å²) >= 11 is 1.77. The van der Waals surface area contributed by atoms with Crippen LogP contribution in [0.1, 0.15) is 31.5 Å². The molecule has 0 saturated carbocycles. The first-order valence-corrected chi connectivity index (χ1v) is 14.4.